The fourth-order valence-corrected chi connectivity index (χ4v) is 6.36. The third-order valence-electron chi connectivity index (χ3n) is 8.34. The summed E-state index contributed by atoms with van der Waals surface area (Å²) in [4.78, 5) is 53.1. The van der Waals surface area contributed by atoms with E-state index in [1.807, 2.05) is 4.90 Å². The lowest BCUT2D eigenvalue weighted by Crippen LogP contribution is -2.57. The summed E-state index contributed by atoms with van der Waals surface area (Å²) in [6.45, 7) is 0.697. The van der Waals surface area contributed by atoms with Gasteiger partial charge in [-0.15, -0.1) is 0 Å². The summed E-state index contributed by atoms with van der Waals surface area (Å²) in [5.74, 6) is -9.30. The summed E-state index contributed by atoms with van der Waals surface area (Å²) in [7, 11) is 1.78. The monoisotopic (exact) mass is 529 g/mol. The number of nitrogens with one attached hydrogen (secondary N) is 1. The molecule has 12 heteroatoms. The molecule has 1 fully saturated rings. The number of likely N-dealkylation sites (N-methyl/N-ethyl adjacent to an activating group) is 1. The number of aliphatic hydroxyl groups is 3. The summed E-state index contributed by atoms with van der Waals surface area (Å²) in [6, 6.07) is 0.438. The fourth-order valence-electron chi connectivity index (χ4n) is 6.36. The number of hydrogen-bond acceptors (Lipinski definition) is 9. The Morgan fingerprint density at radius 3 is 2.55 bits per heavy atom. The van der Waals surface area contributed by atoms with Gasteiger partial charge in [0.2, 0.25) is 11.7 Å². The summed E-state index contributed by atoms with van der Waals surface area (Å²) in [5.41, 5.74) is 0.264. The molecule has 5 rings (SSSR count). The normalized spacial score (nSPS) is 29.5. The van der Waals surface area contributed by atoms with Gasteiger partial charge in [0.1, 0.15) is 22.9 Å². The first-order valence-electron chi connectivity index (χ1n) is 12.4. The number of allylic oxidation sites excluding steroid dienone is 2. The molecule has 3 aliphatic carbocycles. The summed E-state index contributed by atoms with van der Waals surface area (Å²) in [6.07, 6.45) is 1.70. The Bertz CT molecular complexity index is 1370. The Balaban J connectivity index is 1.56. The number of anilines is 1. The van der Waals surface area contributed by atoms with Gasteiger partial charge in [0, 0.05) is 29.5 Å². The number of primary amides is 1. The maximum Gasteiger partial charge on any atom is 0.255 e. The standard InChI is InChI=1S/C26H28FN3O8/c1-30-5-3-2-4-15(30)25(37)29-14-9-13(27)12-7-10-6-11-8-16(31)19(24(28)36)23(35)26(11,38)22(34)17(10)21(33)18(12)20(14)32/h9-11,15,31-32,34,38H,2-8H2,1H3,(H2,28,36)(H,29,37)/t10?,11-,15-,26-/m0/s1. The van der Waals surface area contributed by atoms with E-state index < -0.39 is 86.7 Å². The molecule has 1 aromatic carbocycles. The fraction of sp³-hybridized carbons (Fsp3) is 0.462. The number of piperidine rings is 1. The molecule has 2 amide bonds. The predicted molar refractivity (Wildman–Crippen MR) is 130 cm³/mol. The minimum Gasteiger partial charge on any atom is -0.511 e. The molecule has 1 aliphatic heterocycles. The van der Waals surface area contributed by atoms with Crippen LogP contribution in [0.1, 0.15) is 48.0 Å². The highest BCUT2D eigenvalue weighted by molar-refractivity contribution is 6.24. The van der Waals surface area contributed by atoms with E-state index in [0.29, 0.717) is 13.0 Å². The highest BCUT2D eigenvalue weighted by Crippen LogP contribution is 2.52. The molecule has 1 saturated heterocycles. The van der Waals surface area contributed by atoms with Crippen LogP contribution < -0.4 is 11.1 Å². The number of phenols is 1. The molecule has 0 aromatic heterocycles. The van der Waals surface area contributed by atoms with Crippen LogP contribution >= 0.6 is 0 Å². The number of ketones is 2. The van der Waals surface area contributed by atoms with Crippen LogP contribution in [0.3, 0.4) is 0 Å². The number of rotatable bonds is 3. The van der Waals surface area contributed by atoms with Gasteiger partial charge in [0.05, 0.1) is 17.3 Å². The second-order valence-electron chi connectivity index (χ2n) is 10.5. The molecule has 7 N–H and O–H groups in total. The second kappa shape index (κ2) is 8.91. The molecule has 1 aromatic rings. The topological polar surface area (TPSA) is 190 Å². The lowest BCUT2D eigenvalue weighted by molar-refractivity contribution is -0.144. The van der Waals surface area contributed by atoms with Crippen LogP contribution in [-0.2, 0) is 20.8 Å². The maximum absolute atomic E-state index is 15.3. The zero-order valence-electron chi connectivity index (χ0n) is 20.6. The number of nitrogens with two attached hydrogens (primary N) is 1. The molecule has 4 aliphatic rings. The zero-order valence-corrected chi connectivity index (χ0v) is 20.6. The first-order chi connectivity index (χ1) is 17.9. The molecule has 0 radical (unpaired) electrons. The summed E-state index contributed by atoms with van der Waals surface area (Å²) in [5, 5.41) is 46.0. The van der Waals surface area contributed by atoms with E-state index in [-0.39, 0.29) is 30.5 Å². The highest BCUT2D eigenvalue weighted by atomic mass is 19.1. The van der Waals surface area contributed by atoms with Crippen molar-refractivity contribution in [3.8, 4) is 5.75 Å². The summed E-state index contributed by atoms with van der Waals surface area (Å²) < 4.78 is 15.3. The minimum absolute atomic E-state index is 0.102. The van der Waals surface area contributed by atoms with E-state index in [9.17, 15) is 39.6 Å². The molecule has 202 valence electrons. The number of hydrogen-bond donors (Lipinski definition) is 6. The van der Waals surface area contributed by atoms with Gasteiger partial charge in [-0.3, -0.25) is 24.1 Å². The van der Waals surface area contributed by atoms with Gasteiger partial charge in [-0.25, -0.2) is 4.39 Å². The van der Waals surface area contributed by atoms with Crippen LogP contribution in [0.15, 0.2) is 28.7 Å². The third-order valence-corrected chi connectivity index (χ3v) is 8.34. The van der Waals surface area contributed by atoms with Gasteiger partial charge < -0.3 is 31.5 Å². The van der Waals surface area contributed by atoms with E-state index in [4.69, 9.17) is 5.73 Å². The Morgan fingerprint density at radius 1 is 1.18 bits per heavy atom. The average molecular weight is 530 g/mol. The van der Waals surface area contributed by atoms with Crippen LogP contribution in [0.2, 0.25) is 0 Å². The Morgan fingerprint density at radius 2 is 1.89 bits per heavy atom. The number of amides is 2. The van der Waals surface area contributed by atoms with E-state index in [1.165, 1.54) is 0 Å². The van der Waals surface area contributed by atoms with Crippen molar-refractivity contribution in [2.75, 3.05) is 18.9 Å². The number of benzene rings is 1. The van der Waals surface area contributed by atoms with Crippen LogP contribution in [0.25, 0.3) is 0 Å². The maximum atomic E-state index is 15.3. The number of nitrogens with zero attached hydrogens (tertiary/aromatic N) is 1. The molecule has 1 heterocycles. The molecule has 0 saturated carbocycles. The van der Waals surface area contributed by atoms with Gasteiger partial charge in [-0.05, 0) is 45.2 Å². The van der Waals surface area contributed by atoms with Crippen LogP contribution in [0.4, 0.5) is 10.1 Å². The van der Waals surface area contributed by atoms with Gasteiger partial charge in [0.15, 0.2) is 17.1 Å². The molecule has 0 bridgehead atoms. The first kappa shape index (κ1) is 25.9. The zero-order chi connectivity index (χ0) is 27.7. The number of Topliss-reactive ketones (excluding diaryl/α,β-unsaturated/α-hetero) is 2. The molecule has 11 nitrogen and oxygen atoms in total. The van der Waals surface area contributed by atoms with E-state index in [1.54, 1.807) is 7.05 Å². The van der Waals surface area contributed by atoms with Gasteiger partial charge in [-0.1, -0.05) is 6.42 Å². The largest absolute Gasteiger partial charge is 0.511 e. The molecule has 0 spiro atoms. The number of halogens is 1. The predicted octanol–water partition coefficient (Wildman–Crippen LogP) is 1.14. The van der Waals surface area contributed by atoms with E-state index in [0.717, 1.165) is 18.9 Å². The third kappa shape index (κ3) is 3.62. The molecule has 38 heavy (non-hydrogen) atoms. The van der Waals surface area contributed by atoms with E-state index >= 15 is 4.39 Å². The lowest BCUT2D eigenvalue weighted by Gasteiger charge is -2.45. The number of aromatic hydroxyl groups is 1. The number of carbonyl (C=O) groups excluding carboxylic acids is 4. The van der Waals surface area contributed by atoms with Crippen molar-refractivity contribution in [3.05, 3.63) is 45.7 Å². The Labute approximate surface area is 216 Å². The number of likely N-dealkylation sites (tertiary alicyclic amines) is 1. The van der Waals surface area contributed by atoms with Crippen molar-refractivity contribution >= 4 is 29.1 Å². The quantitative estimate of drug-likeness (QED) is 0.246. The number of fused-ring (bicyclic) bond motifs is 3. The summed E-state index contributed by atoms with van der Waals surface area (Å²) >= 11 is 0. The number of carbonyl (C=O) groups is 4. The van der Waals surface area contributed by atoms with Crippen LogP contribution in [-0.4, -0.2) is 73.9 Å². The molecular weight excluding hydrogens is 501 g/mol. The highest BCUT2D eigenvalue weighted by Gasteiger charge is 2.59. The van der Waals surface area contributed by atoms with E-state index in [2.05, 4.69) is 5.32 Å². The number of phenolic OH excluding ortho intramolecular Hbond substituents is 1. The van der Waals surface area contributed by atoms with Crippen molar-refractivity contribution in [2.45, 2.75) is 50.2 Å². The number of aliphatic hydroxyl groups excluding tert-OH is 2. The first-order valence-corrected chi connectivity index (χ1v) is 12.4. The Kier molecular flexibility index (Phi) is 6.07. The van der Waals surface area contributed by atoms with Gasteiger partial charge in [0.25, 0.3) is 5.91 Å². The van der Waals surface area contributed by atoms with Gasteiger partial charge in [-0.2, -0.15) is 0 Å². The van der Waals surface area contributed by atoms with Crippen molar-refractivity contribution < 1.29 is 44.0 Å². The van der Waals surface area contributed by atoms with Crippen molar-refractivity contribution in [3.63, 3.8) is 0 Å². The SMILES string of the molecule is CN1CCCC[C@H]1C(=O)Nc1cc(F)c2c(c1O)C(=O)C1=C(O)[C@]3(O)C(=O)C(C(N)=O)=C(O)C[C@@H]3CC1C2. The lowest BCUT2D eigenvalue weighted by atomic mass is 9.60. The molecule has 1 unspecified atom stereocenters. The van der Waals surface area contributed by atoms with Gasteiger partial charge >= 0.3 is 0 Å². The average Bonchev–Trinajstić information content (AvgIpc) is 2.84. The van der Waals surface area contributed by atoms with Crippen LogP contribution in [0.5, 0.6) is 5.75 Å². The molecule has 4 atom stereocenters. The second-order valence-corrected chi connectivity index (χ2v) is 10.5. The van der Waals surface area contributed by atoms with Crippen molar-refractivity contribution in [1.82, 2.24) is 4.90 Å². The molecular formula is C26H28FN3O8. The minimum atomic E-state index is -2.71. The smallest absolute Gasteiger partial charge is 0.255 e. The Hall–Kier alpha value is -3.77. The van der Waals surface area contributed by atoms with Crippen molar-refractivity contribution in [2.24, 2.45) is 17.6 Å². The van der Waals surface area contributed by atoms with Crippen LogP contribution in [0, 0.1) is 17.7 Å². The van der Waals surface area contributed by atoms with Crippen molar-refractivity contribution in [1.29, 1.82) is 0 Å².